The second-order valence-corrected chi connectivity index (χ2v) is 8.35. The molecule has 33 heavy (non-hydrogen) atoms. The van der Waals surface area contributed by atoms with Gasteiger partial charge in [0.25, 0.3) is 5.91 Å². The molecule has 0 fully saturated rings. The molecule has 0 bridgehead atoms. The number of carbonyl (C=O) groups excluding carboxylic acids is 2. The summed E-state index contributed by atoms with van der Waals surface area (Å²) in [7, 11) is 0. The maximum absolute atomic E-state index is 13.1. The van der Waals surface area contributed by atoms with Gasteiger partial charge in [-0.3, -0.25) is 9.69 Å². The van der Waals surface area contributed by atoms with Gasteiger partial charge in [-0.25, -0.2) is 9.78 Å². The summed E-state index contributed by atoms with van der Waals surface area (Å²) in [4.78, 5) is 32.0. The number of hydrogen-bond donors (Lipinski definition) is 0. The second-order valence-electron chi connectivity index (χ2n) is 7.17. The molecular formula is C25H25N3O4S. The molecule has 2 aromatic carbocycles. The Labute approximate surface area is 197 Å². The molecule has 0 aliphatic carbocycles. The molecule has 0 saturated heterocycles. The number of benzene rings is 2. The van der Waals surface area contributed by atoms with Crippen LogP contribution >= 0.6 is 11.3 Å². The Kier molecular flexibility index (Phi) is 8.56. The zero-order valence-corrected chi connectivity index (χ0v) is 19.4. The SMILES string of the molecule is CCOC(=O)c1nc(N(CCc2ccccc2)C(=O)COc2ccc(CC#N)cc2)sc1C. The van der Waals surface area contributed by atoms with Gasteiger partial charge in [0.15, 0.2) is 17.4 Å². The van der Waals surface area contributed by atoms with Crippen molar-refractivity contribution in [2.24, 2.45) is 0 Å². The van der Waals surface area contributed by atoms with Gasteiger partial charge in [-0.2, -0.15) is 5.26 Å². The van der Waals surface area contributed by atoms with Crippen LogP contribution in [0.2, 0.25) is 0 Å². The number of carbonyl (C=O) groups is 2. The van der Waals surface area contributed by atoms with Gasteiger partial charge in [0, 0.05) is 11.4 Å². The molecule has 0 saturated carbocycles. The standard InChI is InChI=1S/C25H25N3O4S/c1-3-31-24(30)23-18(2)33-25(27-23)28(16-14-19-7-5-4-6-8-19)22(29)17-32-21-11-9-20(10-12-21)13-15-26/h4-12H,3,13-14,16-17H2,1-2H3. The third kappa shape index (κ3) is 6.64. The Morgan fingerprint density at radius 2 is 1.82 bits per heavy atom. The van der Waals surface area contributed by atoms with Gasteiger partial charge in [-0.15, -0.1) is 11.3 Å². The fraction of sp³-hybridized carbons (Fsp3) is 0.280. The first-order chi connectivity index (χ1) is 16.0. The number of anilines is 1. The van der Waals surface area contributed by atoms with Crippen molar-refractivity contribution >= 4 is 28.3 Å². The molecule has 0 N–H and O–H groups in total. The first-order valence-corrected chi connectivity index (χ1v) is 11.4. The van der Waals surface area contributed by atoms with Crippen LogP contribution in [0.4, 0.5) is 5.13 Å². The van der Waals surface area contributed by atoms with Gasteiger partial charge >= 0.3 is 5.97 Å². The molecule has 1 heterocycles. The number of esters is 1. The summed E-state index contributed by atoms with van der Waals surface area (Å²) in [5.74, 6) is -0.228. The summed E-state index contributed by atoms with van der Waals surface area (Å²) in [5.41, 5.74) is 2.19. The van der Waals surface area contributed by atoms with Crippen LogP contribution in [0, 0.1) is 18.3 Å². The van der Waals surface area contributed by atoms with E-state index in [0.29, 0.717) is 35.1 Å². The molecule has 0 spiro atoms. The highest BCUT2D eigenvalue weighted by Crippen LogP contribution is 2.27. The predicted molar refractivity (Wildman–Crippen MR) is 127 cm³/mol. The van der Waals surface area contributed by atoms with E-state index in [0.717, 1.165) is 11.1 Å². The van der Waals surface area contributed by atoms with Gasteiger partial charge in [0.1, 0.15) is 5.75 Å². The zero-order chi connectivity index (χ0) is 23.6. The number of aryl methyl sites for hydroxylation is 1. The van der Waals surface area contributed by atoms with Crippen LogP contribution < -0.4 is 9.64 Å². The van der Waals surface area contributed by atoms with Crippen LogP contribution in [0.3, 0.4) is 0 Å². The van der Waals surface area contributed by atoms with E-state index in [4.69, 9.17) is 14.7 Å². The maximum Gasteiger partial charge on any atom is 0.358 e. The Morgan fingerprint density at radius 1 is 1.09 bits per heavy atom. The van der Waals surface area contributed by atoms with Gasteiger partial charge < -0.3 is 9.47 Å². The lowest BCUT2D eigenvalue weighted by Crippen LogP contribution is -2.36. The average Bonchev–Trinajstić information content (AvgIpc) is 3.21. The van der Waals surface area contributed by atoms with Crippen LogP contribution in [-0.4, -0.2) is 36.6 Å². The van der Waals surface area contributed by atoms with E-state index in [1.54, 1.807) is 43.0 Å². The lowest BCUT2D eigenvalue weighted by molar-refractivity contribution is -0.120. The number of aromatic nitrogens is 1. The van der Waals surface area contributed by atoms with E-state index >= 15 is 0 Å². The number of hydrogen-bond acceptors (Lipinski definition) is 7. The largest absolute Gasteiger partial charge is 0.484 e. The number of ether oxygens (including phenoxy) is 2. The first-order valence-electron chi connectivity index (χ1n) is 10.6. The number of thiazole rings is 1. The van der Waals surface area contributed by atoms with Crippen LogP contribution in [-0.2, 0) is 22.4 Å². The van der Waals surface area contributed by atoms with Crippen molar-refractivity contribution in [3.05, 3.63) is 76.3 Å². The van der Waals surface area contributed by atoms with E-state index in [2.05, 4.69) is 11.1 Å². The van der Waals surface area contributed by atoms with Crippen molar-refractivity contribution in [3.63, 3.8) is 0 Å². The molecule has 0 aliphatic heterocycles. The molecule has 0 unspecified atom stereocenters. The maximum atomic E-state index is 13.1. The molecular weight excluding hydrogens is 438 g/mol. The summed E-state index contributed by atoms with van der Waals surface area (Å²) in [6, 6.07) is 19.0. The Bertz CT molecular complexity index is 1120. The van der Waals surface area contributed by atoms with Crippen molar-refractivity contribution in [2.45, 2.75) is 26.7 Å². The van der Waals surface area contributed by atoms with E-state index in [9.17, 15) is 9.59 Å². The summed E-state index contributed by atoms with van der Waals surface area (Å²) >= 11 is 1.28. The summed E-state index contributed by atoms with van der Waals surface area (Å²) in [5, 5.41) is 9.22. The van der Waals surface area contributed by atoms with Crippen molar-refractivity contribution in [1.29, 1.82) is 5.26 Å². The minimum Gasteiger partial charge on any atom is -0.484 e. The minimum absolute atomic E-state index is 0.181. The van der Waals surface area contributed by atoms with E-state index in [1.165, 1.54) is 11.3 Å². The fourth-order valence-corrected chi connectivity index (χ4v) is 4.06. The minimum atomic E-state index is -0.498. The lowest BCUT2D eigenvalue weighted by atomic mass is 10.1. The third-order valence-corrected chi connectivity index (χ3v) is 5.82. The smallest absolute Gasteiger partial charge is 0.358 e. The van der Waals surface area contributed by atoms with Crippen molar-refractivity contribution < 1.29 is 19.1 Å². The Morgan fingerprint density at radius 3 is 2.48 bits per heavy atom. The van der Waals surface area contributed by atoms with E-state index in [-0.39, 0.29) is 24.8 Å². The zero-order valence-electron chi connectivity index (χ0n) is 18.6. The quantitative estimate of drug-likeness (QED) is 0.415. The summed E-state index contributed by atoms with van der Waals surface area (Å²) in [6.07, 6.45) is 0.946. The highest BCUT2D eigenvalue weighted by Gasteiger charge is 2.24. The summed E-state index contributed by atoms with van der Waals surface area (Å²) in [6.45, 7) is 3.98. The molecule has 0 atom stereocenters. The van der Waals surface area contributed by atoms with Crippen LogP contribution in [0.1, 0.15) is 33.4 Å². The normalized spacial score (nSPS) is 10.3. The summed E-state index contributed by atoms with van der Waals surface area (Å²) < 4.78 is 10.8. The van der Waals surface area contributed by atoms with Crippen LogP contribution in [0.25, 0.3) is 0 Å². The lowest BCUT2D eigenvalue weighted by Gasteiger charge is -2.20. The van der Waals surface area contributed by atoms with Gasteiger partial charge in [0.05, 0.1) is 19.1 Å². The second kappa shape index (κ2) is 11.8. The molecule has 8 heteroatoms. The van der Waals surface area contributed by atoms with Gasteiger partial charge in [-0.1, -0.05) is 42.5 Å². The molecule has 3 rings (SSSR count). The topological polar surface area (TPSA) is 92.5 Å². The van der Waals surface area contributed by atoms with Gasteiger partial charge in [-0.05, 0) is 43.5 Å². The van der Waals surface area contributed by atoms with E-state index < -0.39 is 5.97 Å². The molecule has 7 nitrogen and oxygen atoms in total. The van der Waals surface area contributed by atoms with Crippen molar-refractivity contribution in [3.8, 4) is 11.8 Å². The molecule has 170 valence electrons. The van der Waals surface area contributed by atoms with Crippen molar-refractivity contribution in [1.82, 2.24) is 4.98 Å². The number of nitrogens with zero attached hydrogens (tertiary/aromatic N) is 3. The van der Waals surface area contributed by atoms with E-state index in [1.807, 2.05) is 30.3 Å². The van der Waals surface area contributed by atoms with Crippen LogP contribution in [0.15, 0.2) is 54.6 Å². The van der Waals surface area contributed by atoms with Gasteiger partial charge in [0.2, 0.25) is 0 Å². The average molecular weight is 464 g/mol. The van der Waals surface area contributed by atoms with Crippen LogP contribution in [0.5, 0.6) is 5.75 Å². The highest BCUT2D eigenvalue weighted by molar-refractivity contribution is 7.16. The molecule has 1 amide bonds. The third-order valence-electron chi connectivity index (χ3n) is 4.82. The number of nitriles is 1. The molecule has 0 radical (unpaired) electrons. The number of amides is 1. The Balaban J connectivity index is 1.76. The van der Waals surface area contributed by atoms with Crippen molar-refractivity contribution in [2.75, 3.05) is 24.7 Å². The Hall–Kier alpha value is -3.70. The molecule has 1 aromatic heterocycles. The monoisotopic (exact) mass is 463 g/mol. The first kappa shape index (κ1) is 24.0. The highest BCUT2D eigenvalue weighted by atomic mass is 32.1. The molecule has 3 aromatic rings. The predicted octanol–water partition coefficient (Wildman–Crippen LogP) is 4.35. The molecule has 0 aliphatic rings. The number of rotatable bonds is 10. The fourth-order valence-electron chi connectivity index (χ4n) is 3.12.